The number of nitrogens with one attached hydrogen (secondary N) is 1. The molecule has 1 rings (SSSR count). The van der Waals surface area contributed by atoms with Crippen LogP contribution in [0.25, 0.3) is 0 Å². The van der Waals surface area contributed by atoms with Gasteiger partial charge < -0.3 is 15.2 Å². The first-order valence-electron chi connectivity index (χ1n) is 7.16. The van der Waals surface area contributed by atoms with E-state index in [9.17, 15) is 9.59 Å². The second-order valence-electron chi connectivity index (χ2n) is 5.34. The van der Waals surface area contributed by atoms with Crippen molar-refractivity contribution in [2.45, 2.75) is 39.7 Å². The maximum absolute atomic E-state index is 11.8. The van der Waals surface area contributed by atoms with E-state index in [0.29, 0.717) is 12.2 Å². The van der Waals surface area contributed by atoms with E-state index in [4.69, 9.17) is 9.84 Å². The summed E-state index contributed by atoms with van der Waals surface area (Å²) in [5, 5.41) is 11.6. The monoisotopic (exact) mass is 293 g/mol. The van der Waals surface area contributed by atoms with E-state index >= 15 is 0 Å². The normalized spacial score (nSPS) is 12.0. The van der Waals surface area contributed by atoms with Gasteiger partial charge in [0.05, 0.1) is 0 Å². The van der Waals surface area contributed by atoms with Crippen molar-refractivity contribution in [2.75, 3.05) is 6.61 Å². The third-order valence-electron chi connectivity index (χ3n) is 3.05. The highest BCUT2D eigenvalue weighted by molar-refractivity contribution is 5.84. The van der Waals surface area contributed by atoms with Crippen molar-refractivity contribution >= 4 is 11.9 Å². The van der Waals surface area contributed by atoms with Gasteiger partial charge in [0.15, 0.2) is 6.61 Å². The number of carboxylic acids is 1. The Labute approximate surface area is 125 Å². The molecule has 0 fully saturated rings. The molecule has 0 spiro atoms. The van der Waals surface area contributed by atoms with Crippen LogP contribution in [0.5, 0.6) is 5.75 Å². The second kappa shape index (κ2) is 8.29. The third kappa shape index (κ3) is 5.85. The highest BCUT2D eigenvalue weighted by Gasteiger charge is 2.21. The zero-order valence-electron chi connectivity index (χ0n) is 12.8. The fraction of sp³-hybridized carbons (Fsp3) is 0.500. The fourth-order valence-corrected chi connectivity index (χ4v) is 2.01. The summed E-state index contributed by atoms with van der Waals surface area (Å²) in [4.78, 5) is 22.9. The highest BCUT2D eigenvalue weighted by Crippen LogP contribution is 2.18. The first kappa shape index (κ1) is 17.0. The Balaban J connectivity index is 2.54. The zero-order valence-corrected chi connectivity index (χ0v) is 12.8. The van der Waals surface area contributed by atoms with Gasteiger partial charge in [-0.3, -0.25) is 4.79 Å². The van der Waals surface area contributed by atoms with Crippen LogP contribution in [-0.4, -0.2) is 29.6 Å². The molecule has 1 amide bonds. The van der Waals surface area contributed by atoms with Gasteiger partial charge in [-0.05, 0) is 30.4 Å². The molecule has 0 heterocycles. The molecule has 0 bridgehead atoms. The first-order valence-corrected chi connectivity index (χ1v) is 7.16. The van der Waals surface area contributed by atoms with E-state index in [1.54, 1.807) is 6.07 Å². The molecule has 1 aromatic carbocycles. The van der Waals surface area contributed by atoms with E-state index in [1.807, 2.05) is 39.0 Å². The summed E-state index contributed by atoms with van der Waals surface area (Å²) < 4.78 is 5.47. The molecule has 5 nitrogen and oxygen atoms in total. The number of aryl methyl sites for hydroxylation is 1. The van der Waals surface area contributed by atoms with Gasteiger partial charge in [0.1, 0.15) is 11.8 Å². The van der Waals surface area contributed by atoms with Crippen molar-refractivity contribution in [1.82, 2.24) is 5.32 Å². The third-order valence-corrected chi connectivity index (χ3v) is 3.05. The number of carbonyl (C=O) groups excluding carboxylic acids is 1. The lowest BCUT2D eigenvalue weighted by Crippen LogP contribution is -2.43. The Kier molecular flexibility index (Phi) is 6.72. The molecule has 5 heteroatoms. The summed E-state index contributed by atoms with van der Waals surface area (Å²) in [6.07, 6.45) is 1.20. The largest absolute Gasteiger partial charge is 0.483 e. The van der Waals surface area contributed by atoms with Crippen LogP contribution >= 0.6 is 0 Å². The van der Waals surface area contributed by atoms with Crippen LogP contribution in [-0.2, 0) is 16.0 Å². The van der Waals surface area contributed by atoms with Crippen LogP contribution in [0, 0.1) is 5.92 Å². The van der Waals surface area contributed by atoms with Crippen molar-refractivity contribution in [2.24, 2.45) is 5.92 Å². The molecular formula is C16H23NO4. The van der Waals surface area contributed by atoms with Crippen molar-refractivity contribution in [1.29, 1.82) is 0 Å². The number of rotatable bonds is 8. The minimum Gasteiger partial charge on any atom is -0.483 e. The standard InChI is InChI=1S/C16H23NO4/c1-4-12-7-5-6-8-14(12)21-10-15(18)17-13(16(19)20)9-11(2)3/h5-8,11,13H,4,9-10H2,1-3H3,(H,17,18)(H,19,20)/t13-/m1/s1. The Morgan fingerprint density at radius 3 is 2.52 bits per heavy atom. The molecular weight excluding hydrogens is 270 g/mol. The number of hydrogen-bond acceptors (Lipinski definition) is 3. The smallest absolute Gasteiger partial charge is 0.326 e. The number of carbonyl (C=O) groups is 2. The summed E-state index contributed by atoms with van der Waals surface area (Å²) >= 11 is 0. The number of benzene rings is 1. The van der Waals surface area contributed by atoms with Gasteiger partial charge in [0.2, 0.25) is 0 Å². The minimum atomic E-state index is -1.02. The molecule has 116 valence electrons. The number of hydrogen-bond donors (Lipinski definition) is 2. The van der Waals surface area contributed by atoms with E-state index in [-0.39, 0.29) is 12.5 Å². The summed E-state index contributed by atoms with van der Waals surface area (Å²) in [6, 6.07) is 6.61. The average molecular weight is 293 g/mol. The van der Waals surface area contributed by atoms with E-state index in [0.717, 1.165) is 12.0 Å². The van der Waals surface area contributed by atoms with Gasteiger partial charge in [-0.2, -0.15) is 0 Å². The molecule has 0 aliphatic carbocycles. The Bertz CT molecular complexity index is 485. The molecule has 0 aliphatic rings. The molecule has 0 aliphatic heterocycles. The molecule has 0 saturated heterocycles. The van der Waals surface area contributed by atoms with E-state index in [1.165, 1.54) is 0 Å². The molecule has 1 aromatic rings. The lowest BCUT2D eigenvalue weighted by atomic mass is 10.0. The van der Waals surface area contributed by atoms with Gasteiger partial charge in [-0.15, -0.1) is 0 Å². The molecule has 21 heavy (non-hydrogen) atoms. The topological polar surface area (TPSA) is 75.6 Å². The minimum absolute atomic E-state index is 0.182. The van der Waals surface area contributed by atoms with Crippen LogP contribution in [0.3, 0.4) is 0 Å². The van der Waals surface area contributed by atoms with E-state index < -0.39 is 17.9 Å². The van der Waals surface area contributed by atoms with Crippen molar-refractivity contribution in [3.8, 4) is 5.75 Å². The van der Waals surface area contributed by atoms with Crippen molar-refractivity contribution < 1.29 is 19.4 Å². The van der Waals surface area contributed by atoms with Gasteiger partial charge in [-0.25, -0.2) is 4.79 Å². The summed E-state index contributed by atoms with van der Waals surface area (Å²) in [7, 11) is 0. The Morgan fingerprint density at radius 2 is 1.95 bits per heavy atom. The summed E-state index contributed by atoms with van der Waals surface area (Å²) in [6.45, 7) is 5.65. The van der Waals surface area contributed by atoms with E-state index in [2.05, 4.69) is 5.32 Å². The van der Waals surface area contributed by atoms with Crippen LogP contribution < -0.4 is 10.1 Å². The molecule has 0 unspecified atom stereocenters. The van der Waals surface area contributed by atoms with Crippen LogP contribution in [0.1, 0.15) is 32.8 Å². The summed E-state index contributed by atoms with van der Waals surface area (Å²) in [5.74, 6) is -0.598. The van der Waals surface area contributed by atoms with Crippen LogP contribution in [0.15, 0.2) is 24.3 Å². The first-order chi connectivity index (χ1) is 9.93. The number of para-hydroxylation sites is 1. The molecule has 0 saturated carbocycles. The SMILES string of the molecule is CCc1ccccc1OCC(=O)N[C@H](CC(C)C)C(=O)O. The molecule has 1 atom stereocenters. The van der Waals surface area contributed by atoms with Crippen molar-refractivity contribution in [3.05, 3.63) is 29.8 Å². The fourth-order valence-electron chi connectivity index (χ4n) is 2.01. The zero-order chi connectivity index (χ0) is 15.8. The van der Waals surface area contributed by atoms with Crippen LogP contribution in [0.2, 0.25) is 0 Å². The quantitative estimate of drug-likeness (QED) is 0.770. The number of aliphatic carboxylic acids is 1. The Hall–Kier alpha value is -2.04. The highest BCUT2D eigenvalue weighted by atomic mass is 16.5. The number of carboxylic acid groups (broad SMARTS) is 1. The van der Waals surface area contributed by atoms with Gasteiger partial charge in [0.25, 0.3) is 5.91 Å². The molecule has 0 aromatic heterocycles. The molecule has 2 N–H and O–H groups in total. The van der Waals surface area contributed by atoms with Crippen LogP contribution in [0.4, 0.5) is 0 Å². The lowest BCUT2D eigenvalue weighted by molar-refractivity contribution is -0.142. The average Bonchev–Trinajstić information content (AvgIpc) is 2.44. The summed E-state index contributed by atoms with van der Waals surface area (Å²) in [5.41, 5.74) is 1.02. The van der Waals surface area contributed by atoms with Crippen molar-refractivity contribution in [3.63, 3.8) is 0 Å². The number of ether oxygens (including phenoxy) is 1. The van der Waals surface area contributed by atoms with Gasteiger partial charge in [-0.1, -0.05) is 39.0 Å². The predicted octanol–water partition coefficient (Wildman–Crippen LogP) is 2.24. The predicted molar refractivity (Wildman–Crippen MR) is 80.3 cm³/mol. The maximum atomic E-state index is 11.8. The maximum Gasteiger partial charge on any atom is 0.326 e. The molecule has 0 radical (unpaired) electrons. The second-order valence-corrected chi connectivity index (χ2v) is 5.34. The Morgan fingerprint density at radius 1 is 1.29 bits per heavy atom. The van der Waals surface area contributed by atoms with Gasteiger partial charge >= 0.3 is 5.97 Å². The lowest BCUT2D eigenvalue weighted by Gasteiger charge is -2.17. The van der Waals surface area contributed by atoms with Gasteiger partial charge in [0, 0.05) is 0 Å². The number of amides is 1.